The second-order valence-electron chi connectivity index (χ2n) is 5.12. The lowest BCUT2D eigenvalue weighted by Crippen LogP contribution is -2.42. The van der Waals surface area contributed by atoms with E-state index in [1.165, 1.54) is 6.92 Å². The molecule has 20 heavy (non-hydrogen) atoms. The van der Waals surface area contributed by atoms with Gasteiger partial charge in [-0.1, -0.05) is 0 Å². The van der Waals surface area contributed by atoms with Gasteiger partial charge in [0.15, 0.2) is 0 Å². The maximum Gasteiger partial charge on any atom is 0.407 e. The van der Waals surface area contributed by atoms with Gasteiger partial charge in [-0.15, -0.1) is 0 Å². The minimum Gasteiger partial charge on any atom is -0.481 e. The molecular formula is C13H21NO6. The fourth-order valence-electron chi connectivity index (χ4n) is 2.34. The van der Waals surface area contributed by atoms with Crippen LogP contribution in [-0.2, 0) is 14.3 Å². The fraction of sp³-hybridized carbons (Fsp3) is 0.769. The first-order chi connectivity index (χ1) is 9.40. The number of carbonyl (C=O) groups excluding carboxylic acids is 1. The summed E-state index contributed by atoms with van der Waals surface area (Å²) < 4.78 is 5.18. The Morgan fingerprint density at radius 3 is 2.35 bits per heavy atom. The van der Waals surface area contributed by atoms with Gasteiger partial charge >= 0.3 is 18.0 Å². The summed E-state index contributed by atoms with van der Waals surface area (Å²) in [6.45, 7) is 1.54. The number of carbonyl (C=O) groups is 3. The summed E-state index contributed by atoms with van der Waals surface area (Å²) in [7, 11) is 0. The van der Waals surface area contributed by atoms with Gasteiger partial charge in [-0.2, -0.15) is 0 Å². The Hall–Kier alpha value is -1.79. The third kappa shape index (κ3) is 5.46. The van der Waals surface area contributed by atoms with Crippen molar-refractivity contribution in [1.82, 2.24) is 5.32 Å². The summed E-state index contributed by atoms with van der Waals surface area (Å²) in [5.41, 5.74) is 0. The molecule has 0 bridgehead atoms. The van der Waals surface area contributed by atoms with Crippen molar-refractivity contribution in [3.8, 4) is 0 Å². The Kier molecular flexibility index (Phi) is 6.27. The normalized spacial score (nSPS) is 18.2. The minimum absolute atomic E-state index is 0.0322. The molecule has 3 N–H and O–H groups in total. The first kappa shape index (κ1) is 16.3. The number of alkyl carbamates (subject to hydrolysis) is 1. The molecule has 0 aliphatic heterocycles. The summed E-state index contributed by atoms with van der Waals surface area (Å²) in [6.07, 6.45) is 2.73. The summed E-state index contributed by atoms with van der Waals surface area (Å²) >= 11 is 0. The molecular weight excluding hydrogens is 266 g/mol. The van der Waals surface area contributed by atoms with Crippen LogP contribution in [-0.4, -0.2) is 40.4 Å². The number of hydrogen-bond donors (Lipinski definition) is 3. The third-order valence-electron chi connectivity index (χ3n) is 3.51. The standard InChI is InChI=1S/C13H21NO6/c1-8(10(12(17)18)6-7-11(15)16)14-13(19)20-9-4-2-3-5-9/h8-10H,2-7H2,1H3,(H,14,19)(H,15,16)(H,17,18). The molecule has 1 saturated carbocycles. The quantitative estimate of drug-likeness (QED) is 0.655. The maximum absolute atomic E-state index is 11.6. The van der Waals surface area contributed by atoms with Gasteiger partial charge in [0.05, 0.1) is 5.92 Å². The molecule has 0 spiro atoms. The molecule has 1 amide bonds. The van der Waals surface area contributed by atoms with Crippen molar-refractivity contribution in [3.63, 3.8) is 0 Å². The van der Waals surface area contributed by atoms with Gasteiger partial charge in [-0.05, 0) is 39.0 Å². The number of aliphatic carboxylic acids is 2. The SMILES string of the molecule is CC(NC(=O)OC1CCCC1)C(CCC(=O)O)C(=O)O. The van der Waals surface area contributed by atoms with E-state index in [0.717, 1.165) is 25.7 Å². The van der Waals surface area contributed by atoms with Gasteiger partial charge in [-0.3, -0.25) is 9.59 Å². The molecule has 0 aromatic carbocycles. The van der Waals surface area contributed by atoms with Crippen LogP contribution in [0.3, 0.4) is 0 Å². The summed E-state index contributed by atoms with van der Waals surface area (Å²) in [6, 6.07) is -0.680. The molecule has 2 atom stereocenters. The van der Waals surface area contributed by atoms with Gasteiger partial charge in [0.1, 0.15) is 6.10 Å². The molecule has 0 aromatic heterocycles. The first-order valence-electron chi connectivity index (χ1n) is 6.82. The van der Waals surface area contributed by atoms with E-state index in [0.29, 0.717) is 0 Å². The smallest absolute Gasteiger partial charge is 0.407 e. The molecule has 0 aromatic rings. The number of nitrogens with one attached hydrogen (secondary N) is 1. The van der Waals surface area contributed by atoms with Crippen LogP contribution < -0.4 is 5.32 Å². The topological polar surface area (TPSA) is 113 Å². The highest BCUT2D eigenvalue weighted by molar-refractivity contribution is 5.74. The Bertz CT molecular complexity index is 364. The van der Waals surface area contributed by atoms with Crippen molar-refractivity contribution in [1.29, 1.82) is 0 Å². The second kappa shape index (κ2) is 7.72. The second-order valence-corrected chi connectivity index (χ2v) is 5.12. The molecule has 1 rings (SSSR count). The predicted molar refractivity (Wildman–Crippen MR) is 69.3 cm³/mol. The predicted octanol–water partition coefficient (Wildman–Crippen LogP) is 1.61. The van der Waals surface area contributed by atoms with Crippen molar-refractivity contribution in [2.24, 2.45) is 5.92 Å². The van der Waals surface area contributed by atoms with E-state index in [-0.39, 0.29) is 18.9 Å². The van der Waals surface area contributed by atoms with Gasteiger partial charge in [0.2, 0.25) is 0 Å². The number of carboxylic acid groups (broad SMARTS) is 2. The van der Waals surface area contributed by atoms with E-state index in [1.54, 1.807) is 0 Å². The van der Waals surface area contributed by atoms with Gasteiger partial charge in [0.25, 0.3) is 0 Å². The van der Waals surface area contributed by atoms with Crippen LogP contribution in [0.1, 0.15) is 45.4 Å². The molecule has 7 nitrogen and oxygen atoms in total. The Morgan fingerprint density at radius 2 is 1.85 bits per heavy atom. The van der Waals surface area contributed by atoms with Crippen LogP contribution in [0.2, 0.25) is 0 Å². The summed E-state index contributed by atoms with van der Waals surface area (Å²) in [5, 5.41) is 20.1. The van der Waals surface area contributed by atoms with Gasteiger partial charge in [0, 0.05) is 12.5 Å². The van der Waals surface area contributed by atoms with E-state index in [1.807, 2.05) is 0 Å². The van der Waals surface area contributed by atoms with Crippen LogP contribution in [0.5, 0.6) is 0 Å². The van der Waals surface area contributed by atoms with Crippen molar-refractivity contribution in [2.45, 2.75) is 57.6 Å². The van der Waals surface area contributed by atoms with Crippen LogP contribution in [0.25, 0.3) is 0 Å². The molecule has 0 saturated heterocycles. The largest absolute Gasteiger partial charge is 0.481 e. The molecule has 1 aliphatic carbocycles. The third-order valence-corrected chi connectivity index (χ3v) is 3.51. The first-order valence-corrected chi connectivity index (χ1v) is 6.82. The monoisotopic (exact) mass is 287 g/mol. The fourth-order valence-corrected chi connectivity index (χ4v) is 2.34. The van der Waals surface area contributed by atoms with Crippen LogP contribution in [0.15, 0.2) is 0 Å². The van der Waals surface area contributed by atoms with E-state index >= 15 is 0 Å². The van der Waals surface area contributed by atoms with Crippen LogP contribution in [0.4, 0.5) is 4.79 Å². The minimum atomic E-state index is -1.13. The van der Waals surface area contributed by atoms with E-state index < -0.39 is 30.0 Å². The highest BCUT2D eigenvalue weighted by Crippen LogP contribution is 2.21. The highest BCUT2D eigenvalue weighted by atomic mass is 16.6. The van der Waals surface area contributed by atoms with Crippen LogP contribution in [0, 0.1) is 5.92 Å². The van der Waals surface area contributed by atoms with Crippen molar-refractivity contribution in [3.05, 3.63) is 0 Å². The number of amides is 1. The average Bonchev–Trinajstić information content (AvgIpc) is 2.80. The van der Waals surface area contributed by atoms with E-state index in [2.05, 4.69) is 5.32 Å². The van der Waals surface area contributed by atoms with Gasteiger partial charge < -0.3 is 20.3 Å². The van der Waals surface area contributed by atoms with Crippen molar-refractivity contribution < 1.29 is 29.3 Å². The Labute approximate surface area is 117 Å². The lowest BCUT2D eigenvalue weighted by atomic mass is 9.96. The van der Waals surface area contributed by atoms with Crippen LogP contribution >= 0.6 is 0 Å². The number of ether oxygens (including phenoxy) is 1. The number of rotatable bonds is 7. The van der Waals surface area contributed by atoms with E-state index in [9.17, 15) is 14.4 Å². The molecule has 7 heteroatoms. The lowest BCUT2D eigenvalue weighted by molar-refractivity contribution is -0.143. The summed E-state index contributed by atoms with van der Waals surface area (Å²) in [4.78, 5) is 33.2. The van der Waals surface area contributed by atoms with Crippen molar-refractivity contribution in [2.75, 3.05) is 0 Å². The zero-order chi connectivity index (χ0) is 15.1. The van der Waals surface area contributed by atoms with Gasteiger partial charge in [-0.25, -0.2) is 4.79 Å². The molecule has 114 valence electrons. The molecule has 0 heterocycles. The number of hydrogen-bond acceptors (Lipinski definition) is 4. The molecule has 1 fully saturated rings. The van der Waals surface area contributed by atoms with Crippen molar-refractivity contribution >= 4 is 18.0 Å². The Balaban J connectivity index is 2.43. The molecule has 1 aliphatic rings. The molecule has 0 radical (unpaired) electrons. The highest BCUT2D eigenvalue weighted by Gasteiger charge is 2.28. The molecule has 2 unspecified atom stereocenters. The average molecular weight is 287 g/mol. The van der Waals surface area contributed by atoms with E-state index in [4.69, 9.17) is 14.9 Å². The lowest BCUT2D eigenvalue weighted by Gasteiger charge is -2.21. The maximum atomic E-state index is 11.6. The number of carboxylic acids is 2. The Morgan fingerprint density at radius 1 is 1.25 bits per heavy atom. The summed E-state index contributed by atoms with van der Waals surface area (Å²) in [5.74, 6) is -3.13. The zero-order valence-electron chi connectivity index (χ0n) is 11.5. The zero-order valence-corrected chi connectivity index (χ0v) is 11.5.